The fourth-order valence-corrected chi connectivity index (χ4v) is 3.96. The summed E-state index contributed by atoms with van der Waals surface area (Å²) in [5.74, 6) is -0.422. The van der Waals surface area contributed by atoms with Crippen molar-refractivity contribution in [3.05, 3.63) is 75.9 Å². The average molecular weight is 374 g/mol. The summed E-state index contributed by atoms with van der Waals surface area (Å²) in [6.07, 6.45) is 3.28. The molecule has 3 rings (SSSR count). The highest BCUT2D eigenvalue weighted by Crippen LogP contribution is 2.36. The summed E-state index contributed by atoms with van der Waals surface area (Å²) in [7, 11) is 1.73. The van der Waals surface area contributed by atoms with Gasteiger partial charge in [0.1, 0.15) is 5.82 Å². The Kier molecular flexibility index (Phi) is 5.21. The van der Waals surface area contributed by atoms with E-state index in [-0.39, 0.29) is 17.8 Å². The molecular formula is C20H17ClFNOS. The van der Waals surface area contributed by atoms with Gasteiger partial charge in [-0.05, 0) is 36.8 Å². The molecule has 1 unspecified atom stereocenters. The van der Waals surface area contributed by atoms with E-state index in [1.54, 1.807) is 41.5 Å². The second-order valence-electron chi connectivity index (χ2n) is 5.79. The molecule has 0 radical (unpaired) electrons. The van der Waals surface area contributed by atoms with Gasteiger partial charge in [-0.3, -0.25) is 4.79 Å². The van der Waals surface area contributed by atoms with Crippen LogP contribution in [0.1, 0.15) is 23.4 Å². The minimum atomic E-state index is -0.288. The van der Waals surface area contributed by atoms with Crippen LogP contribution in [-0.2, 0) is 4.79 Å². The maximum atomic E-state index is 13.0. The zero-order valence-corrected chi connectivity index (χ0v) is 15.4. The van der Waals surface area contributed by atoms with Crippen LogP contribution in [0.2, 0.25) is 5.02 Å². The number of carbonyl (C=O) groups is 1. The number of benzene rings is 2. The smallest absolute Gasteiger partial charge is 0.246 e. The number of carbonyl (C=O) groups excluding carboxylic acids is 1. The Morgan fingerprint density at radius 2 is 1.88 bits per heavy atom. The summed E-state index contributed by atoms with van der Waals surface area (Å²) in [5, 5.41) is 1.66. The number of hydrogen-bond acceptors (Lipinski definition) is 2. The molecule has 3 aromatic rings. The van der Waals surface area contributed by atoms with Gasteiger partial charge in [-0.1, -0.05) is 41.9 Å². The number of rotatable bonds is 4. The van der Waals surface area contributed by atoms with Crippen molar-refractivity contribution in [2.45, 2.75) is 13.0 Å². The first kappa shape index (κ1) is 17.6. The molecule has 1 heterocycles. The molecule has 2 aromatic carbocycles. The topological polar surface area (TPSA) is 20.3 Å². The maximum Gasteiger partial charge on any atom is 0.246 e. The first-order chi connectivity index (χ1) is 12.0. The average Bonchev–Trinajstić information content (AvgIpc) is 2.95. The molecule has 1 aromatic heterocycles. The van der Waals surface area contributed by atoms with E-state index >= 15 is 0 Å². The molecule has 1 amide bonds. The van der Waals surface area contributed by atoms with Crippen LogP contribution in [0.5, 0.6) is 0 Å². The molecule has 0 N–H and O–H groups in total. The van der Waals surface area contributed by atoms with Gasteiger partial charge in [0.15, 0.2) is 0 Å². The normalized spacial score (nSPS) is 12.6. The van der Waals surface area contributed by atoms with Gasteiger partial charge in [0, 0.05) is 28.1 Å². The highest BCUT2D eigenvalue weighted by molar-refractivity contribution is 7.20. The van der Waals surface area contributed by atoms with Gasteiger partial charge in [0.25, 0.3) is 0 Å². The third-order valence-corrected chi connectivity index (χ3v) is 5.87. The zero-order valence-electron chi connectivity index (χ0n) is 13.9. The Hall–Kier alpha value is -2.17. The number of likely N-dealkylation sites (N-methyl/N-ethyl adjacent to an activating group) is 1. The SMILES string of the molecule is CC(c1ccc(F)cc1)N(C)C(=O)/C=C/c1sc2ccccc2c1Cl. The number of amides is 1. The third-order valence-electron chi connectivity index (χ3n) is 4.22. The predicted octanol–water partition coefficient (Wildman–Crippen LogP) is 5.93. The second kappa shape index (κ2) is 7.38. The molecule has 1 atom stereocenters. The van der Waals surface area contributed by atoms with E-state index in [1.807, 2.05) is 31.2 Å². The van der Waals surface area contributed by atoms with Gasteiger partial charge in [0.05, 0.1) is 11.1 Å². The predicted molar refractivity (Wildman–Crippen MR) is 103 cm³/mol. The molecule has 0 aliphatic carbocycles. The Balaban J connectivity index is 1.77. The first-order valence-electron chi connectivity index (χ1n) is 7.84. The van der Waals surface area contributed by atoms with E-state index in [0.29, 0.717) is 5.02 Å². The first-order valence-corrected chi connectivity index (χ1v) is 9.04. The van der Waals surface area contributed by atoms with Crippen molar-refractivity contribution in [1.82, 2.24) is 4.90 Å². The summed E-state index contributed by atoms with van der Waals surface area (Å²) in [5.41, 5.74) is 0.880. The summed E-state index contributed by atoms with van der Waals surface area (Å²) in [4.78, 5) is 14.9. The van der Waals surface area contributed by atoms with E-state index < -0.39 is 0 Å². The molecule has 0 aliphatic heterocycles. The van der Waals surface area contributed by atoms with Crippen LogP contribution in [0.25, 0.3) is 16.2 Å². The highest BCUT2D eigenvalue weighted by Gasteiger charge is 2.16. The summed E-state index contributed by atoms with van der Waals surface area (Å²) in [6, 6.07) is 13.9. The highest BCUT2D eigenvalue weighted by atomic mass is 35.5. The summed E-state index contributed by atoms with van der Waals surface area (Å²) < 4.78 is 14.1. The number of thiophene rings is 1. The standard InChI is InChI=1S/C20H17ClFNOS/c1-13(14-7-9-15(22)10-8-14)23(2)19(24)12-11-18-20(21)16-5-3-4-6-17(16)25-18/h3-13H,1-2H3/b12-11+. The van der Waals surface area contributed by atoms with Crippen LogP contribution in [0.15, 0.2) is 54.6 Å². The van der Waals surface area contributed by atoms with Crippen molar-refractivity contribution in [1.29, 1.82) is 0 Å². The Bertz CT molecular complexity index is 933. The molecule has 0 aliphatic rings. The van der Waals surface area contributed by atoms with Crippen molar-refractivity contribution in [2.24, 2.45) is 0 Å². The van der Waals surface area contributed by atoms with E-state index in [1.165, 1.54) is 18.2 Å². The van der Waals surface area contributed by atoms with Crippen molar-refractivity contribution < 1.29 is 9.18 Å². The molecule has 128 valence electrons. The van der Waals surface area contributed by atoms with Crippen LogP contribution >= 0.6 is 22.9 Å². The molecule has 0 bridgehead atoms. The van der Waals surface area contributed by atoms with Crippen LogP contribution in [0.4, 0.5) is 4.39 Å². The zero-order chi connectivity index (χ0) is 18.0. The minimum absolute atomic E-state index is 0.134. The molecule has 0 spiro atoms. The van der Waals surface area contributed by atoms with Gasteiger partial charge in [0.2, 0.25) is 5.91 Å². The monoisotopic (exact) mass is 373 g/mol. The lowest BCUT2D eigenvalue weighted by molar-refractivity contribution is -0.126. The largest absolute Gasteiger partial charge is 0.335 e. The van der Waals surface area contributed by atoms with Gasteiger partial charge >= 0.3 is 0 Å². The number of halogens is 2. The Labute approximate surface area is 155 Å². The Morgan fingerprint density at radius 1 is 1.20 bits per heavy atom. The lowest BCUT2D eigenvalue weighted by Gasteiger charge is -2.24. The molecule has 0 fully saturated rings. The van der Waals surface area contributed by atoms with Gasteiger partial charge in [-0.25, -0.2) is 4.39 Å². The number of fused-ring (bicyclic) bond motifs is 1. The summed E-state index contributed by atoms with van der Waals surface area (Å²) >= 11 is 7.94. The van der Waals surface area contributed by atoms with Crippen molar-refractivity contribution in [2.75, 3.05) is 7.05 Å². The van der Waals surface area contributed by atoms with Crippen LogP contribution in [-0.4, -0.2) is 17.9 Å². The van der Waals surface area contributed by atoms with Crippen LogP contribution in [0, 0.1) is 5.82 Å². The van der Waals surface area contributed by atoms with E-state index in [0.717, 1.165) is 20.5 Å². The van der Waals surface area contributed by atoms with Crippen molar-refractivity contribution >= 4 is 45.0 Å². The molecule has 5 heteroatoms. The van der Waals surface area contributed by atoms with E-state index in [9.17, 15) is 9.18 Å². The molecular weight excluding hydrogens is 357 g/mol. The molecule has 2 nitrogen and oxygen atoms in total. The van der Waals surface area contributed by atoms with E-state index in [2.05, 4.69) is 0 Å². The van der Waals surface area contributed by atoms with E-state index in [4.69, 9.17) is 11.6 Å². The number of hydrogen-bond donors (Lipinski definition) is 0. The van der Waals surface area contributed by atoms with Crippen molar-refractivity contribution in [3.8, 4) is 0 Å². The molecule has 0 saturated carbocycles. The fourth-order valence-electron chi connectivity index (χ4n) is 2.56. The molecule has 25 heavy (non-hydrogen) atoms. The van der Waals surface area contributed by atoms with Crippen LogP contribution in [0.3, 0.4) is 0 Å². The third kappa shape index (κ3) is 3.75. The van der Waals surface area contributed by atoms with Gasteiger partial charge < -0.3 is 4.90 Å². The second-order valence-corrected chi connectivity index (χ2v) is 7.25. The molecule has 0 saturated heterocycles. The Morgan fingerprint density at radius 3 is 2.56 bits per heavy atom. The summed E-state index contributed by atoms with van der Waals surface area (Å²) in [6.45, 7) is 1.91. The quantitative estimate of drug-likeness (QED) is 0.519. The van der Waals surface area contributed by atoms with Crippen LogP contribution < -0.4 is 0 Å². The fraction of sp³-hybridized carbons (Fsp3) is 0.150. The van der Waals surface area contributed by atoms with Gasteiger partial charge in [-0.15, -0.1) is 11.3 Å². The lowest BCUT2D eigenvalue weighted by atomic mass is 10.1. The van der Waals surface area contributed by atoms with Crippen molar-refractivity contribution in [3.63, 3.8) is 0 Å². The number of nitrogens with zero attached hydrogens (tertiary/aromatic N) is 1. The lowest BCUT2D eigenvalue weighted by Crippen LogP contribution is -2.27. The maximum absolute atomic E-state index is 13.0. The minimum Gasteiger partial charge on any atom is -0.335 e. The van der Waals surface area contributed by atoms with Gasteiger partial charge in [-0.2, -0.15) is 0 Å².